The average Bonchev–Trinajstić information content (AvgIpc) is 3.25. The fourth-order valence-electron chi connectivity index (χ4n) is 9.80. The Morgan fingerprint density at radius 1 is 1.02 bits per heavy atom. The first-order valence-electron chi connectivity index (χ1n) is 18.7. The van der Waals surface area contributed by atoms with Gasteiger partial charge in [0.15, 0.2) is 5.96 Å². The molecular weight excluding hydrogens is 714 g/mol. The fraction of sp³-hybridized carbons (Fsp3) is 0.452. The third kappa shape index (κ3) is 7.72. The van der Waals surface area contributed by atoms with E-state index >= 15 is 0 Å². The van der Waals surface area contributed by atoms with Gasteiger partial charge in [-0.15, -0.1) is 0 Å². The molecule has 278 valence electrons. The Morgan fingerprint density at radius 3 is 2.52 bits per heavy atom. The molecule has 5 heterocycles. The standard InChI is InChI=1S/C42H47N3O7S.Na/c1-23-5-6-28-18-32-12-14-34(28)36(23)21-38(53(48,49)50)37-20-30-16-29(39(37)25-7-9-26(10-8-25)41(52-32)45-42(43)44)19-33-15-24(22-46)3-2-4-27-17-31(47)11-13-35(27)40(30)51-33;/h7-14,17-18,20,23-24,29,33,36-41,46-47H,3,5-6,15-16,19,21-22H2,1H3,(H4,43,44,45)(H,48,49,50);/q;+1/p-1. The van der Waals surface area contributed by atoms with E-state index in [9.17, 15) is 23.2 Å². The molecule has 10 atom stereocenters. The van der Waals surface area contributed by atoms with Gasteiger partial charge in [0.05, 0.1) is 21.5 Å². The number of aliphatic hydroxyl groups is 1. The largest absolute Gasteiger partial charge is 1.00 e. The second kappa shape index (κ2) is 15.7. The smallest absolute Gasteiger partial charge is 0.748 e. The number of allylic oxidation sites excluding steroid dienone is 1. The van der Waals surface area contributed by atoms with Gasteiger partial charge in [0, 0.05) is 29.7 Å². The zero-order valence-corrected chi connectivity index (χ0v) is 33.5. The van der Waals surface area contributed by atoms with Gasteiger partial charge >= 0.3 is 29.6 Å². The maximum Gasteiger partial charge on any atom is 1.00 e. The molecule has 10 unspecified atom stereocenters. The van der Waals surface area contributed by atoms with E-state index in [0.29, 0.717) is 37.0 Å². The van der Waals surface area contributed by atoms with Crippen LogP contribution in [0.4, 0.5) is 0 Å². The summed E-state index contributed by atoms with van der Waals surface area (Å²) >= 11 is 0. The first kappa shape index (κ1) is 38.9. The van der Waals surface area contributed by atoms with Crippen LogP contribution >= 0.6 is 0 Å². The van der Waals surface area contributed by atoms with Gasteiger partial charge in [-0.05, 0) is 121 Å². The predicted molar refractivity (Wildman–Crippen MR) is 200 cm³/mol. The number of fused-ring (bicyclic) bond motifs is 9. The van der Waals surface area contributed by atoms with Crippen molar-refractivity contribution < 1.29 is 62.2 Å². The van der Waals surface area contributed by atoms with Gasteiger partial charge in [0.1, 0.15) is 17.6 Å². The molecule has 6 N–H and O–H groups in total. The van der Waals surface area contributed by atoms with E-state index in [-0.39, 0.29) is 90.0 Å². The number of aliphatic hydroxyl groups excluding tert-OH is 1. The molecule has 0 aromatic heterocycles. The molecule has 5 aliphatic heterocycles. The molecule has 3 aromatic carbocycles. The van der Waals surface area contributed by atoms with Gasteiger partial charge in [-0.25, -0.2) is 13.4 Å². The van der Waals surface area contributed by atoms with Gasteiger partial charge in [-0.2, -0.15) is 0 Å². The minimum absolute atomic E-state index is 0. The molecule has 1 fully saturated rings. The Kier molecular flexibility index (Phi) is 11.3. The average molecular weight is 760 g/mol. The molecular formula is C42H46N3NaO7S. The Labute approximate surface area is 339 Å². The van der Waals surface area contributed by atoms with E-state index in [0.717, 1.165) is 46.2 Å². The minimum Gasteiger partial charge on any atom is -0.748 e. The van der Waals surface area contributed by atoms with Gasteiger partial charge < -0.3 is 35.7 Å². The number of phenols is 1. The molecule has 3 aromatic rings. The van der Waals surface area contributed by atoms with Crippen LogP contribution in [0.2, 0.25) is 0 Å². The van der Waals surface area contributed by atoms with Gasteiger partial charge in [-0.1, -0.05) is 61.2 Å². The van der Waals surface area contributed by atoms with Crippen LogP contribution in [0.3, 0.4) is 0 Å². The van der Waals surface area contributed by atoms with Crippen LogP contribution in [0, 0.1) is 35.5 Å². The molecule has 1 saturated heterocycles. The predicted octanol–water partition coefficient (Wildman–Crippen LogP) is 2.66. The number of aliphatic imine (C=N–C) groups is 1. The fourth-order valence-corrected chi connectivity index (χ4v) is 10.9. The number of nitrogens with two attached hydrogens (primary N) is 2. The molecule has 10 rings (SSSR count). The van der Waals surface area contributed by atoms with E-state index in [1.54, 1.807) is 12.1 Å². The number of hydrogen-bond acceptors (Lipinski definition) is 8. The first-order valence-corrected chi connectivity index (χ1v) is 20.1. The van der Waals surface area contributed by atoms with Gasteiger partial charge in [-0.3, -0.25) is 0 Å². The third-order valence-corrected chi connectivity index (χ3v) is 13.6. The van der Waals surface area contributed by atoms with Crippen molar-refractivity contribution in [2.45, 2.75) is 87.4 Å². The number of guanidine groups is 1. The van der Waals surface area contributed by atoms with Crippen molar-refractivity contribution in [3.05, 3.63) is 106 Å². The van der Waals surface area contributed by atoms with Crippen molar-refractivity contribution in [2.24, 2.45) is 40.1 Å². The molecule has 0 radical (unpaired) electrons. The minimum atomic E-state index is -4.82. The number of nitrogens with zero attached hydrogens (tertiary/aromatic N) is 1. The number of aromatic hydroxyl groups is 1. The Morgan fingerprint density at radius 2 is 1.78 bits per heavy atom. The summed E-state index contributed by atoms with van der Waals surface area (Å²) in [6, 6.07) is 18.8. The van der Waals surface area contributed by atoms with E-state index in [4.69, 9.17) is 20.9 Å². The van der Waals surface area contributed by atoms with Crippen LogP contribution in [0.25, 0.3) is 0 Å². The number of phenolic OH excluding ortho intramolecular Hbond substituents is 1. The van der Waals surface area contributed by atoms with E-state index < -0.39 is 33.6 Å². The van der Waals surface area contributed by atoms with Crippen molar-refractivity contribution in [1.29, 1.82) is 0 Å². The Hall–Kier alpha value is -3.34. The zero-order valence-electron chi connectivity index (χ0n) is 30.7. The monoisotopic (exact) mass is 759 g/mol. The number of aryl methyl sites for hydroxylation is 1. The maximum atomic E-state index is 13.8. The molecule has 10 bridgehead atoms. The Balaban J connectivity index is 0.00000450. The summed E-state index contributed by atoms with van der Waals surface area (Å²) in [6.07, 6.45) is 4.48. The van der Waals surface area contributed by atoms with E-state index in [2.05, 4.69) is 23.8 Å². The maximum absolute atomic E-state index is 13.8. The van der Waals surface area contributed by atoms with Crippen LogP contribution < -0.4 is 45.8 Å². The molecule has 54 heavy (non-hydrogen) atoms. The molecule has 0 spiro atoms. The number of rotatable bonds is 3. The van der Waals surface area contributed by atoms with Crippen LogP contribution in [-0.4, -0.2) is 47.1 Å². The number of benzene rings is 3. The SMILES string of the molecule is CC1CCc2cc3ccc2C1CC(S(=O)(=O)[O-])C1C=C2CC(CC4CC(CO)CC#Cc5cc(O)ccc5C2O4)C1c1ccc(cc1)C(N=C(N)N)O3.[Na+]. The van der Waals surface area contributed by atoms with Crippen molar-refractivity contribution in [3.8, 4) is 23.3 Å². The second-order valence-electron chi connectivity index (χ2n) is 15.7. The van der Waals surface area contributed by atoms with Crippen molar-refractivity contribution in [3.63, 3.8) is 0 Å². The summed E-state index contributed by atoms with van der Waals surface area (Å²) < 4.78 is 54.7. The zero-order chi connectivity index (χ0) is 37.0. The van der Waals surface area contributed by atoms with E-state index in [1.165, 1.54) is 0 Å². The van der Waals surface area contributed by atoms with Gasteiger partial charge in [0.2, 0.25) is 6.23 Å². The molecule has 2 aliphatic carbocycles. The number of hydrogen-bond donors (Lipinski definition) is 4. The summed E-state index contributed by atoms with van der Waals surface area (Å²) in [4.78, 5) is 4.42. The van der Waals surface area contributed by atoms with Crippen molar-refractivity contribution in [2.75, 3.05) is 6.61 Å². The molecule has 12 heteroatoms. The van der Waals surface area contributed by atoms with Gasteiger partial charge in [0.25, 0.3) is 0 Å². The van der Waals surface area contributed by atoms with Crippen LogP contribution in [0.5, 0.6) is 11.5 Å². The second-order valence-corrected chi connectivity index (χ2v) is 17.3. The molecule has 10 nitrogen and oxygen atoms in total. The number of ether oxygens (including phenoxy) is 2. The van der Waals surface area contributed by atoms with Crippen molar-refractivity contribution >= 4 is 16.1 Å². The third-order valence-electron chi connectivity index (χ3n) is 12.3. The summed E-state index contributed by atoms with van der Waals surface area (Å²) in [5.74, 6) is 5.82. The molecule has 7 aliphatic rings. The summed E-state index contributed by atoms with van der Waals surface area (Å²) in [5, 5.41) is 19.6. The molecule has 0 saturated carbocycles. The van der Waals surface area contributed by atoms with Crippen LogP contribution in [0.1, 0.15) is 103 Å². The van der Waals surface area contributed by atoms with Crippen LogP contribution in [0.15, 0.2) is 77.3 Å². The van der Waals surface area contributed by atoms with Crippen molar-refractivity contribution in [1.82, 2.24) is 0 Å². The topological polar surface area (TPSA) is 181 Å². The Bertz CT molecular complexity index is 2120. The normalized spacial score (nSPS) is 31.2. The quantitative estimate of drug-likeness (QED) is 0.0780. The summed E-state index contributed by atoms with van der Waals surface area (Å²) in [7, 11) is -4.82. The van der Waals surface area contributed by atoms with Crippen LogP contribution in [-0.2, 0) is 21.3 Å². The van der Waals surface area contributed by atoms with E-state index in [1.807, 2.05) is 54.6 Å². The molecule has 0 amide bonds. The summed E-state index contributed by atoms with van der Waals surface area (Å²) in [5.41, 5.74) is 17.8. The first-order chi connectivity index (χ1) is 25.4. The summed E-state index contributed by atoms with van der Waals surface area (Å²) in [6.45, 7) is 2.09.